The maximum Gasteiger partial charge on any atom is 0.220 e. The van der Waals surface area contributed by atoms with Gasteiger partial charge in [0, 0.05) is 19.4 Å². The highest BCUT2D eigenvalue weighted by molar-refractivity contribution is 5.76. The van der Waals surface area contributed by atoms with Gasteiger partial charge in [-0.15, -0.1) is 0 Å². The molecule has 0 aliphatic heterocycles. The van der Waals surface area contributed by atoms with Gasteiger partial charge in [-0.25, -0.2) is 4.39 Å². The van der Waals surface area contributed by atoms with Crippen LogP contribution < -0.4 is 5.32 Å². The quantitative estimate of drug-likeness (QED) is 0.859. The number of amides is 1. The molecule has 21 heavy (non-hydrogen) atoms. The smallest absolute Gasteiger partial charge is 0.220 e. The van der Waals surface area contributed by atoms with Crippen LogP contribution in [0, 0.1) is 12.7 Å². The first-order valence-corrected chi connectivity index (χ1v) is 6.80. The van der Waals surface area contributed by atoms with E-state index in [1.807, 2.05) is 19.1 Å². The van der Waals surface area contributed by atoms with E-state index < -0.39 is 6.10 Å². The third-order valence-electron chi connectivity index (χ3n) is 3.14. The lowest BCUT2D eigenvalue weighted by Gasteiger charge is -2.12. The number of hydrogen-bond donors (Lipinski definition) is 2. The number of rotatable bonds is 6. The SMILES string of the molecule is Cc1ccc(CCC(=O)NCC(O)c2ccc(F)cc2)o1. The van der Waals surface area contributed by atoms with Crippen molar-refractivity contribution in [2.45, 2.75) is 25.9 Å². The van der Waals surface area contributed by atoms with Gasteiger partial charge in [0.2, 0.25) is 5.91 Å². The summed E-state index contributed by atoms with van der Waals surface area (Å²) >= 11 is 0. The molecule has 0 spiro atoms. The lowest BCUT2D eigenvalue weighted by atomic mass is 10.1. The van der Waals surface area contributed by atoms with E-state index in [0.717, 1.165) is 11.5 Å². The average molecular weight is 291 g/mol. The summed E-state index contributed by atoms with van der Waals surface area (Å²) < 4.78 is 18.1. The molecule has 0 radical (unpaired) electrons. The highest BCUT2D eigenvalue weighted by Gasteiger charge is 2.10. The largest absolute Gasteiger partial charge is 0.466 e. The van der Waals surface area contributed by atoms with Crippen molar-refractivity contribution in [3.8, 4) is 0 Å². The number of aliphatic hydroxyl groups is 1. The van der Waals surface area contributed by atoms with Crippen LogP contribution in [0.1, 0.15) is 29.6 Å². The molecule has 5 heteroatoms. The fourth-order valence-corrected chi connectivity index (χ4v) is 1.96. The third kappa shape index (κ3) is 4.72. The zero-order chi connectivity index (χ0) is 15.2. The van der Waals surface area contributed by atoms with Gasteiger partial charge >= 0.3 is 0 Å². The van der Waals surface area contributed by atoms with E-state index >= 15 is 0 Å². The van der Waals surface area contributed by atoms with Crippen LogP contribution >= 0.6 is 0 Å². The lowest BCUT2D eigenvalue weighted by molar-refractivity contribution is -0.121. The van der Waals surface area contributed by atoms with Crippen LogP contribution in [-0.4, -0.2) is 17.6 Å². The van der Waals surface area contributed by atoms with Gasteiger partial charge in [0.1, 0.15) is 17.3 Å². The minimum Gasteiger partial charge on any atom is -0.466 e. The summed E-state index contributed by atoms with van der Waals surface area (Å²) in [6.45, 7) is 1.95. The summed E-state index contributed by atoms with van der Waals surface area (Å²) in [5.41, 5.74) is 0.568. The molecule has 1 aromatic heterocycles. The van der Waals surface area contributed by atoms with Crippen LogP contribution in [-0.2, 0) is 11.2 Å². The number of carbonyl (C=O) groups excluding carboxylic acids is 1. The van der Waals surface area contributed by atoms with Crippen molar-refractivity contribution in [1.29, 1.82) is 0 Å². The number of carbonyl (C=O) groups is 1. The monoisotopic (exact) mass is 291 g/mol. The van der Waals surface area contributed by atoms with Gasteiger partial charge in [0.15, 0.2) is 0 Å². The predicted molar refractivity (Wildman–Crippen MR) is 76.1 cm³/mol. The molecule has 1 heterocycles. The number of furan rings is 1. The van der Waals surface area contributed by atoms with Crippen LogP contribution in [0.2, 0.25) is 0 Å². The molecule has 0 aliphatic carbocycles. The highest BCUT2D eigenvalue weighted by atomic mass is 19.1. The molecule has 2 aromatic rings. The Kier molecular flexibility index (Phi) is 5.11. The second-order valence-electron chi connectivity index (χ2n) is 4.88. The van der Waals surface area contributed by atoms with E-state index in [9.17, 15) is 14.3 Å². The van der Waals surface area contributed by atoms with E-state index in [0.29, 0.717) is 18.4 Å². The minimum absolute atomic E-state index is 0.0989. The standard InChI is InChI=1S/C16H18FNO3/c1-11-2-7-14(21-11)8-9-16(20)18-10-15(19)12-3-5-13(17)6-4-12/h2-7,15,19H,8-10H2,1H3,(H,18,20). The highest BCUT2D eigenvalue weighted by Crippen LogP contribution is 2.13. The lowest BCUT2D eigenvalue weighted by Crippen LogP contribution is -2.28. The number of hydrogen-bond acceptors (Lipinski definition) is 3. The van der Waals surface area contributed by atoms with Crippen molar-refractivity contribution in [2.75, 3.05) is 6.54 Å². The Morgan fingerprint density at radius 2 is 2.00 bits per heavy atom. The molecular weight excluding hydrogens is 273 g/mol. The van der Waals surface area contributed by atoms with Crippen LogP contribution in [0.4, 0.5) is 4.39 Å². The Bertz CT molecular complexity index is 592. The summed E-state index contributed by atoms with van der Waals surface area (Å²) in [6.07, 6.45) is -0.0320. The van der Waals surface area contributed by atoms with Crippen LogP contribution in [0.3, 0.4) is 0 Å². The molecule has 0 fully saturated rings. The van der Waals surface area contributed by atoms with Gasteiger partial charge < -0.3 is 14.8 Å². The van der Waals surface area contributed by atoms with E-state index in [1.165, 1.54) is 24.3 Å². The second kappa shape index (κ2) is 7.04. The van der Waals surface area contributed by atoms with Crippen LogP contribution in [0.25, 0.3) is 0 Å². The van der Waals surface area contributed by atoms with Crippen molar-refractivity contribution >= 4 is 5.91 Å². The first-order chi connectivity index (χ1) is 10.0. The van der Waals surface area contributed by atoms with Gasteiger partial charge in [-0.1, -0.05) is 12.1 Å². The Balaban J connectivity index is 1.74. The maximum atomic E-state index is 12.8. The minimum atomic E-state index is -0.847. The molecular formula is C16H18FNO3. The van der Waals surface area contributed by atoms with Crippen molar-refractivity contribution in [1.82, 2.24) is 5.32 Å². The molecule has 0 saturated heterocycles. The van der Waals surface area contributed by atoms with Crippen molar-refractivity contribution < 1.29 is 18.7 Å². The van der Waals surface area contributed by atoms with E-state index in [-0.39, 0.29) is 18.3 Å². The summed E-state index contributed by atoms with van der Waals surface area (Å²) in [5, 5.41) is 12.5. The zero-order valence-electron chi connectivity index (χ0n) is 11.8. The van der Waals surface area contributed by atoms with Crippen molar-refractivity contribution in [3.63, 3.8) is 0 Å². The first-order valence-electron chi connectivity index (χ1n) is 6.80. The Morgan fingerprint density at radius 3 is 2.62 bits per heavy atom. The van der Waals surface area contributed by atoms with Gasteiger partial charge in [-0.05, 0) is 36.8 Å². The van der Waals surface area contributed by atoms with E-state index in [4.69, 9.17) is 4.42 Å². The summed E-state index contributed by atoms with van der Waals surface area (Å²) in [4.78, 5) is 11.7. The normalized spacial score (nSPS) is 12.1. The second-order valence-corrected chi connectivity index (χ2v) is 4.88. The van der Waals surface area contributed by atoms with E-state index in [1.54, 1.807) is 0 Å². The first kappa shape index (κ1) is 15.3. The van der Waals surface area contributed by atoms with Crippen LogP contribution in [0.15, 0.2) is 40.8 Å². The number of benzene rings is 1. The number of aliphatic hydroxyl groups excluding tert-OH is 1. The molecule has 0 saturated carbocycles. The van der Waals surface area contributed by atoms with E-state index in [2.05, 4.69) is 5.32 Å². The molecule has 2 rings (SSSR count). The zero-order valence-corrected chi connectivity index (χ0v) is 11.8. The fraction of sp³-hybridized carbons (Fsp3) is 0.312. The number of nitrogens with one attached hydrogen (secondary N) is 1. The maximum absolute atomic E-state index is 12.8. The number of halogens is 1. The average Bonchev–Trinajstić information content (AvgIpc) is 2.89. The summed E-state index contributed by atoms with van der Waals surface area (Å²) in [6, 6.07) is 9.25. The van der Waals surface area contributed by atoms with Crippen LogP contribution in [0.5, 0.6) is 0 Å². The number of aryl methyl sites for hydroxylation is 2. The molecule has 0 bridgehead atoms. The molecule has 1 unspecified atom stereocenters. The molecule has 2 N–H and O–H groups in total. The predicted octanol–water partition coefficient (Wildman–Crippen LogP) is 2.51. The van der Waals surface area contributed by atoms with Gasteiger partial charge in [0.25, 0.3) is 0 Å². The molecule has 0 aliphatic rings. The summed E-state index contributed by atoms with van der Waals surface area (Å²) in [7, 11) is 0. The molecule has 1 atom stereocenters. The topological polar surface area (TPSA) is 62.5 Å². The van der Waals surface area contributed by atoms with Gasteiger partial charge in [-0.3, -0.25) is 4.79 Å². The fourth-order valence-electron chi connectivity index (χ4n) is 1.96. The molecule has 1 aromatic carbocycles. The molecule has 112 valence electrons. The molecule has 4 nitrogen and oxygen atoms in total. The Labute approximate surface area is 122 Å². The van der Waals surface area contributed by atoms with Crippen molar-refractivity contribution in [2.24, 2.45) is 0 Å². The van der Waals surface area contributed by atoms with Gasteiger partial charge in [0.05, 0.1) is 6.10 Å². The van der Waals surface area contributed by atoms with Gasteiger partial charge in [-0.2, -0.15) is 0 Å². The Hall–Kier alpha value is -2.14. The molecule has 1 amide bonds. The Morgan fingerprint density at radius 1 is 1.29 bits per heavy atom. The summed E-state index contributed by atoms with van der Waals surface area (Å²) in [5.74, 6) is 1.06. The van der Waals surface area contributed by atoms with Crippen molar-refractivity contribution in [3.05, 3.63) is 59.3 Å². The third-order valence-corrected chi connectivity index (χ3v) is 3.14.